The predicted octanol–water partition coefficient (Wildman–Crippen LogP) is 0.642. The number of benzene rings is 1. The van der Waals surface area contributed by atoms with Crippen molar-refractivity contribution in [3.63, 3.8) is 0 Å². The first-order valence-electron chi connectivity index (χ1n) is 7.68. The minimum absolute atomic E-state index is 0.113. The first-order chi connectivity index (χ1) is 10.9. The number of ether oxygens (including phenoxy) is 1. The van der Waals surface area contributed by atoms with Gasteiger partial charge < -0.3 is 9.64 Å². The van der Waals surface area contributed by atoms with Crippen molar-refractivity contribution >= 4 is 15.9 Å². The smallest absolute Gasteiger partial charge is 0.237 e. The van der Waals surface area contributed by atoms with Crippen LogP contribution in [0.25, 0.3) is 0 Å². The first kappa shape index (κ1) is 17.9. The highest BCUT2D eigenvalue weighted by molar-refractivity contribution is 7.88. The number of carbonyl (C=O) groups excluding carboxylic acids is 1. The van der Waals surface area contributed by atoms with Crippen LogP contribution in [-0.4, -0.2) is 58.3 Å². The summed E-state index contributed by atoms with van der Waals surface area (Å²) < 4.78 is 30.1. The molecule has 7 heteroatoms. The Bertz CT molecular complexity index is 618. The second-order valence-electron chi connectivity index (χ2n) is 5.95. The summed E-state index contributed by atoms with van der Waals surface area (Å²) in [4.78, 5) is 13.9. The standard InChI is InChI=1S/C16H24N2O4S/c1-22-15-8-9-18(16(19)11-17-23(2,20)21)12-14(15)10-13-6-4-3-5-7-13/h3-7,14-15,17H,8-12H2,1-2H3/t14-,15+/m1/s1. The molecule has 1 aromatic carbocycles. The first-order valence-corrected chi connectivity index (χ1v) is 9.57. The van der Waals surface area contributed by atoms with Crippen LogP contribution in [-0.2, 0) is 26.0 Å². The van der Waals surface area contributed by atoms with Crippen LogP contribution in [0.15, 0.2) is 30.3 Å². The summed E-state index contributed by atoms with van der Waals surface area (Å²) in [5, 5.41) is 0. The summed E-state index contributed by atoms with van der Waals surface area (Å²) in [6.07, 6.45) is 2.76. The predicted molar refractivity (Wildman–Crippen MR) is 88.5 cm³/mol. The molecule has 0 radical (unpaired) electrons. The minimum atomic E-state index is -3.36. The fraction of sp³-hybridized carbons (Fsp3) is 0.562. The van der Waals surface area contributed by atoms with Crippen molar-refractivity contribution in [2.45, 2.75) is 18.9 Å². The van der Waals surface area contributed by atoms with E-state index < -0.39 is 10.0 Å². The van der Waals surface area contributed by atoms with Crippen molar-refractivity contribution in [2.75, 3.05) is 33.0 Å². The number of amides is 1. The van der Waals surface area contributed by atoms with Crippen molar-refractivity contribution in [3.8, 4) is 0 Å². The second kappa shape index (κ2) is 7.90. The van der Waals surface area contributed by atoms with Gasteiger partial charge in [-0.2, -0.15) is 0 Å². The molecule has 23 heavy (non-hydrogen) atoms. The van der Waals surface area contributed by atoms with Crippen LogP contribution in [0.1, 0.15) is 12.0 Å². The van der Waals surface area contributed by atoms with Crippen LogP contribution in [0.2, 0.25) is 0 Å². The zero-order valence-corrected chi connectivity index (χ0v) is 14.4. The van der Waals surface area contributed by atoms with Gasteiger partial charge in [0.1, 0.15) is 0 Å². The number of nitrogens with zero attached hydrogens (tertiary/aromatic N) is 1. The molecule has 1 heterocycles. The monoisotopic (exact) mass is 340 g/mol. The van der Waals surface area contributed by atoms with Gasteiger partial charge >= 0.3 is 0 Å². The number of methoxy groups -OCH3 is 1. The van der Waals surface area contributed by atoms with E-state index in [0.717, 1.165) is 19.1 Å². The van der Waals surface area contributed by atoms with Crippen LogP contribution in [0, 0.1) is 5.92 Å². The molecule has 0 aromatic heterocycles. The van der Waals surface area contributed by atoms with Crippen LogP contribution >= 0.6 is 0 Å². The second-order valence-corrected chi connectivity index (χ2v) is 7.78. The fourth-order valence-corrected chi connectivity index (χ4v) is 3.35. The van der Waals surface area contributed by atoms with E-state index in [1.807, 2.05) is 18.2 Å². The molecule has 1 fully saturated rings. The molecular weight excluding hydrogens is 316 g/mol. The van der Waals surface area contributed by atoms with Gasteiger partial charge in [-0.05, 0) is 18.4 Å². The van der Waals surface area contributed by atoms with Gasteiger partial charge in [0.2, 0.25) is 15.9 Å². The van der Waals surface area contributed by atoms with Gasteiger partial charge in [-0.3, -0.25) is 4.79 Å². The third-order valence-corrected chi connectivity index (χ3v) is 4.81. The highest BCUT2D eigenvalue weighted by atomic mass is 32.2. The third-order valence-electron chi connectivity index (χ3n) is 4.15. The lowest BCUT2D eigenvalue weighted by atomic mass is 9.88. The molecule has 0 bridgehead atoms. The number of piperidine rings is 1. The van der Waals surface area contributed by atoms with E-state index in [2.05, 4.69) is 16.9 Å². The molecule has 0 saturated carbocycles. The Kier molecular flexibility index (Phi) is 6.15. The van der Waals surface area contributed by atoms with E-state index in [1.165, 1.54) is 5.56 Å². The minimum Gasteiger partial charge on any atom is -0.381 e. The normalized spacial score (nSPS) is 22.1. The molecule has 1 aliphatic heterocycles. The van der Waals surface area contributed by atoms with E-state index in [-0.39, 0.29) is 24.5 Å². The maximum absolute atomic E-state index is 12.2. The summed E-state index contributed by atoms with van der Waals surface area (Å²) >= 11 is 0. The molecule has 0 spiro atoms. The highest BCUT2D eigenvalue weighted by Gasteiger charge is 2.31. The van der Waals surface area contributed by atoms with E-state index in [0.29, 0.717) is 13.1 Å². The van der Waals surface area contributed by atoms with Gasteiger partial charge in [-0.15, -0.1) is 0 Å². The lowest BCUT2D eigenvalue weighted by Crippen LogP contribution is -2.50. The maximum atomic E-state index is 12.2. The summed E-state index contributed by atoms with van der Waals surface area (Å²) in [6.45, 7) is 0.986. The summed E-state index contributed by atoms with van der Waals surface area (Å²) in [6, 6.07) is 10.1. The van der Waals surface area contributed by atoms with Crippen LogP contribution in [0.5, 0.6) is 0 Å². The summed E-state index contributed by atoms with van der Waals surface area (Å²) in [7, 11) is -1.66. The average Bonchev–Trinajstić information content (AvgIpc) is 2.53. The highest BCUT2D eigenvalue weighted by Crippen LogP contribution is 2.23. The number of sulfonamides is 1. The lowest BCUT2D eigenvalue weighted by Gasteiger charge is -2.38. The van der Waals surface area contributed by atoms with Gasteiger partial charge in [0.15, 0.2) is 0 Å². The number of hydrogen-bond donors (Lipinski definition) is 1. The van der Waals surface area contributed by atoms with Crippen molar-refractivity contribution in [1.82, 2.24) is 9.62 Å². The molecule has 0 aliphatic carbocycles. The lowest BCUT2D eigenvalue weighted by molar-refractivity contribution is -0.134. The van der Waals surface area contributed by atoms with Gasteiger partial charge in [0.05, 0.1) is 18.9 Å². The number of likely N-dealkylation sites (tertiary alicyclic amines) is 1. The zero-order valence-electron chi connectivity index (χ0n) is 13.6. The molecule has 2 atom stereocenters. The number of carbonyl (C=O) groups is 1. The molecule has 1 aliphatic rings. The molecule has 128 valence electrons. The summed E-state index contributed by atoms with van der Waals surface area (Å²) in [5.41, 5.74) is 1.21. The van der Waals surface area contributed by atoms with Crippen LogP contribution in [0.3, 0.4) is 0 Å². The molecule has 1 N–H and O–H groups in total. The Labute approximate surface area is 137 Å². The van der Waals surface area contributed by atoms with E-state index in [4.69, 9.17) is 4.74 Å². The molecule has 2 rings (SSSR count). The molecule has 1 amide bonds. The van der Waals surface area contributed by atoms with Gasteiger partial charge in [-0.1, -0.05) is 30.3 Å². The van der Waals surface area contributed by atoms with Crippen molar-refractivity contribution in [2.24, 2.45) is 5.92 Å². The maximum Gasteiger partial charge on any atom is 0.237 e. The van der Waals surface area contributed by atoms with Crippen LogP contribution < -0.4 is 4.72 Å². The number of rotatable bonds is 6. The van der Waals surface area contributed by atoms with E-state index in [1.54, 1.807) is 12.0 Å². The molecule has 0 unspecified atom stereocenters. The SMILES string of the molecule is CO[C@H]1CCN(C(=O)CNS(C)(=O)=O)C[C@H]1Cc1ccccc1. The number of hydrogen-bond acceptors (Lipinski definition) is 4. The molecule has 1 aromatic rings. The molecule has 1 saturated heterocycles. The van der Waals surface area contributed by atoms with Gasteiger partial charge in [-0.25, -0.2) is 13.1 Å². The summed E-state index contributed by atoms with van der Waals surface area (Å²) in [5.74, 6) is 0.0152. The quantitative estimate of drug-likeness (QED) is 0.825. The van der Waals surface area contributed by atoms with Crippen molar-refractivity contribution in [3.05, 3.63) is 35.9 Å². The largest absolute Gasteiger partial charge is 0.381 e. The van der Waals surface area contributed by atoms with Crippen molar-refractivity contribution < 1.29 is 17.9 Å². The van der Waals surface area contributed by atoms with E-state index in [9.17, 15) is 13.2 Å². The van der Waals surface area contributed by atoms with Crippen molar-refractivity contribution in [1.29, 1.82) is 0 Å². The van der Waals surface area contributed by atoms with Gasteiger partial charge in [0.25, 0.3) is 0 Å². The Morgan fingerprint density at radius 1 is 1.35 bits per heavy atom. The van der Waals surface area contributed by atoms with Crippen LogP contribution in [0.4, 0.5) is 0 Å². The Morgan fingerprint density at radius 2 is 2.04 bits per heavy atom. The fourth-order valence-electron chi connectivity index (χ4n) is 2.97. The Morgan fingerprint density at radius 3 is 2.65 bits per heavy atom. The van der Waals surface area contributed by atoms with E-state index >= 15 is 0 Å². The van der Waals surface area contributed by atoms with Gasteiger partial charge in [0, 0.05) is 26.1 Å². The Hall–Kier alpha value is -1.44. The third kappa shape index (κ3) is 5.60. The molecular formula is C16H24N2O4S. The Balaban J connectivity index is 1.98. The topological polar surface area (TPSA) is 75.7 Å². The molecule has 6 nitrogen and oxygen atoms in total. The number of nitrogens with one attached hydrogen (secondary N) is 1. The zero-order chi connectivity index (χ0) is 16.9. The average molecular weight is 340 g/mol.